The van der Waals surface area contributed by atoms with Gasteiger partial charge in [-0.25, -0.2) is 14.0 Å². The Morgan fingerprint density at radius 1 is 1.00 bits per heavy atom. The Kier molecular flexibility index (Phi) is 9.19. The largest absolute Gasteiger partial charge is 0.444 e. The highest BCUT2D eigenvalue weighted by atomic mass is 19.4. The average Bonchev–Trinajstić information content (AvgIpc) is 2.81. The quantitative estimate of drug-likeness (QED) is 0.376. The van der Waals surface area contributed by atoms with E-state index in [4.69, 9.17) is 4.74 Å². The Labute approximate surface area is 233 Å². The van der Waals surface area contributed by atoms with Gasteiger partial charge in [0.2, 0.25) is 0 Å². The van der Waals surface area contributed by atoms with Gasteiger partial charge in [-0.2, -0.15) is 26.3 Å². The molecule has 0 radical (unpaired) electrons. The van der Waals surface area contributed by atoms with Crippen LogP contribution < -0.4 is 5.32 Å². The molecule has 1 saturated heterocycles. The third-order valence-corrected chi connectivity index (χ3v) is 6.55. The van der Waals surface area contributed by atoms with E-state index in [-0.39, 0.29) is 24.6 Å². The zero-order chi connectivity index (χ0) is 30.9. The van der Waals surface area contributed by atoms with E-state index in [1.165, 1.54) is 30.1 Å². The molecular formula is C28H32F7N3O3. The van der Waals surface area contributed by atoms with Crippen LogP contribution in [-0.4, -0.2) is 47.2 Å². The van der Waals surface area contributed by atoms with E-state index in [1.54, 1.807) is 27.7 Å². The number of halogens is 7. The van der Waals surface area contributed by atoms with Gasteiger partial charge in [-0.15, -0.1) is 0 Å². The first-order chi connectivity index (χ1) is 18.7. The number of ether oxygens (including phenoxy) is 1. The second-order valence-electron chi connectivity index (χ2n) is 11.1. The summed E-state index contributed by atoms with van der Waals surface area (Å²) < 4.78 is 99.1. The number of piperidine rings is 1. The van der Waals surface area contributed by atoms with Crippen LogP contribution in [0.5, 0.6) is 0 Å². The molecule has 0 unspecified atom stereocenters. The van der Waals surface area contributed by atoms with Crippen LogP contribution in [0.25, 0.3) is 0 Å². The fraction of sp³-hybridized carbons (Fsp3) is 0.500. The Hall–Kier alpha value is -3.51. The summed E-state index contributed by atoms with van der Waals surface area (Å²) in [6.07, 6.45) is -10.2. The molecule has 1 aliphatic heterocycles. The van der Waals surface area contributed by atoms with Gasteiger partial charge in [-0.05, 0) is 87.6 Å². The fourth-order valence-corrected chi connectivity index (χ4v) is 4.78. The van der Waals surface area contributed by atoms with Gasteiger partial charge in [-0.1, -0.05) is 6.07 Å². The minimum absolute atomic E-state index is 0.0289. The number of carbonyl (C=O) groups excluding carboxylic acids is 2. The Bertz CT molecular complexity index is 1240. The van der Waals surface area contributed by atoms with Gasteiger partial charge in [0, 0.05) is 26.2 Å². The van der Waals surface area contributed by atoms with Crippen LogP contribution in [0.2, 0.25) is 0 Å². The van der Waals surface area contributed by atoms with Crippen LogP contribution >= 0.6 is 0 Å². The number of alkyl carbamates (subject to hydrolysis) is 1. The molecule has 0 aromatic heterocycles. The van der Waals surface area contributed by atoms with Crippen LogP contribution in [0.15, 0.2) is 36.4 Å². The summed E-state index contributed by atoms with van der Waals surface area (Å²) in [7, 11) is 1.27. The summed E-state index contributed by atoms with van der Waals surface area (Å²) in [6.45, 7) is 6.33. The second kappa shape index (κ2) is 11.8. The molecule has 3 amide bonds. The van der Waals surface area contributed by atoms with E-state index in [1.807, 2.05) is 0 Å². The summed E-state index contributed by atoms with van der Waals surface area (Å²) in [5.41, 5.74) is -2.93. The number of carbonyl (C=O) groups is 2. The van der Waals surface area contributed by atoms with E-state index in [2.05, 4.69) is 5.32 Å². The lowest BCUT2D eigenvalue weighted by Crippen LogP contribution is -2.51. The van der Waals surface area contributed by atoms with Gasteiger partial charge in [-0.3, -0.25) is 0 Å². The van der Waals surface area contributed by atoms with Crippen molar-refractivity contribution < 1.29 is 45.1 Å². The summed E-state index contributed by atoms with van der Waals surface area (Å²) in [5.74, 6) is -0.495. The van der Waals surface area contributed by atoms with Gasteiger partial charge in [0.25, 0.3) is 0 Å². The van der Waals surface area contributed by atoms with Crippen molar-refractivity contribution in [2.75, 3.05) is 13.6 Å². The zero-order valence-electron chi connectivity index (χ0n) is 23.2. The highest BCUT2D eigenvalue weighted by Crippen LogP contribution is 2.37. The number of rotatable bonds is 4. The highest BCUT2D eigenvalue weighted by Gasteiger charge is 2.38. The van der Waals surface area contributed by atoms with Gasteiger partial charge in [0.1, 0.15) is 11.4 Å². The van der Waals surface area contributed by atoms with Crippen molar-refractivity contribution in [3.05, 3.63) is 70.0 Å². The van der Waals surface area contributed by atoms with Gasteiger partial charge >= 0.3 is 24.5 Å². The van der Waals surface area contributed by atoms with E-state index < -0.39 is 65.7 Å². The molecule has 1 N–H and O–H groups in total. The SMILES string of the molecule is Cc1cc(F)ccc1[C@H]1C[C@H](NC(=O)OC(C)(C)C)CCN1C(=O)N(C)Cc1cc(C(F)(F)F)cc(C(F)(F)F)c1. The predicted molar refractivity (Wildman–Crippen MR) is 136 cm³/mol. The molecule has 1 heterocycles. The molecule has 2 aromatic rings. The Morgan fingerprint density at radius 2 is 1.59 bits per heavy atom. The Morgan fingerprint density at radius 3 is 2.10 bits per heavy atom. The zero-order valence-corrected chi connectivity index (χ0v) is 23.2. The van der Waals surface area contributed by atoms with Gasteiger partial charge in [0.15, 0.2) is 0 Å². The first-order valence-corrected chi connectivity index (χ1v) is 12.8. The number of alkyl halides is 6. The number of aryl methyl sites for hydroxylation is 1. The van der Waals surface area contributed by atoms with Crippen molar-refractivity contribution in [2.45, 2.75) is 77.1 Å². The molecule has 6 nitrogen and oxygen atoms in total. The first kappa shape index (κ1) is 32.0. The number of benzene rings is 2. The second-order valence-corrected chi connectivity index (χ2v) is 11.1. The first-order valence-electron chi connectivity index (χ1n) is 12.8. The summed E-state index contributed by atoms with van der Waals surface area (Å²) >= 11 is 0. The molecule has 41 heavy (non-hydrogen) atoms. The number of hydrogen-bond acceptors (Lipinski definition) is 3. The van der Waals surface area contributed by atoms with Crippen LogP contribution in [0.4, 0.5) is 40.3 Å². The van der Waals surface area contributed by atoms with Gasteiger partial charge < -0.3 is 19.9 Å². The fourth-order valence-electron chi connectivity index (χ4n) is 4.78. The third kappa shape index (κ3) is 8.49. The van der Waals surface area contributed by atoms with Crippen LogP contribution in [0.3, 0.4) is 0 Å². The number of likely N-dealkylation sites (tertiary alicyclic amines) is 1. The summed E-state index contributed by atoms with van der Waals surface area (Å²) in [6, 6.07) is 3.46. The van der Waals surface area contributed by atoms with Crippen molar-refractivity contribution in [1.82, 2.24) is 15.1 Å². The maximum Gasteiger partial charge on any atom is 0.416 e. The smallest absolute Gasteiger partial charge is 0.416 e. The van der Waals surface area contributed by atoms with E-state index in [9.17, 15) is 40.3 Å². The van der Waals surface area contributed by atoms with Crippen LogP contribution in [0, 0.1) is 12.7 Å². The molecule has 1 fully saturated rings. The third-order valence-electron chi connectivity index (χ3n) is 6.55. The number of amides is 3. The molecule has 2 aromatic carbocycles. The number of hydrogen-bond donors (Lipinski definition) is 1. The number of nitrogens with zero attached hydrogens (tertiary/aromatic N) is 2. The molecule has 0 saturated carbocycles. The van der Waals surface area contributed by atoms with E-state index in [0.29, 0.717) is 29.7 Å². The standard InChI is InChI=1S/C28H32F7N3O3/c1-16-10-20(29)6-7-22(16)23-14-21(36-24(39)41-26(2,3)4)8-9-38(23)25(40)37(5)15-17-11-18(27(30,31)32)13-19(12-17)28(33,34)35/h6-7,10-13,21,23H,8-9,14-15H2,1-5H3,(H,36,39)/t21-,23-/m1/s1. The molecule has 13 heteroatoms. The highest BCUT2D eigenvalue weighted by molar-refractivity contribution is 5.75. The van der Waals surface area contributed by atoms with Crippen molar-refractivity contribution in [2.24, 2.45) is 0 Å². The van der Waals surface area contributed by atoms with Crippen LogP contribution in [-0.2, 0) is 23.6 Å². The maximum absolute atomic E-state index is 13.9. The van der Waals surface area contributed by atoms with Crippen molar-refractivity contribution in [3.8, 4) is 0 Å². The van der Waals surface area contributed by atoms with Crippen molar-refractivity contribution in [3.63, 3.8) is 0 Å². The normalized spacial score (nSPS) is 18.2. The summed E-state index contributed by atoms with van der Waals surface area (Å²) in [5, 5.41) is 2.78. The summed E-state index contributed by atoms with van der Waals surface area (Å²) in [4.78, 5) is 28.4. The predicted octanol–water partition coefficient (Wildman–Crippen LogP) is 7.45. The number of urea groups is 1. The molecule has 0 bridgehead atoms. The number of nitrogens with one attached hydrogen (secondary N) is 1. The van der Waals surface area contributed by atoms with Crippen molar-refractivity contribution in [1.29, 1.82) is 0 Å². The van der Waals surface area contributed by atoms with Gasteiger partial charge in [0.05, 0.1) is 17.2 Å². The molecule has 0 aliphatic carbocycles. The molecule has 2 atom stereocenters. The molecule has 226 valence electrons. The lowest BCUT2D eigenvalue weighted by atomic mass is 9.89. The molecule has 1 aliphatic rings. The van der Waals surface area contributed by atoms with E-state index in [0.717, 1.165) is 4.90 Å². The minimum atomic E-state index is -5.02. The van der Waals surface area contributed by atoms with Crippen LogP contribution in [0.1, 0.15) is 67.5 Å². The molecular weight excluding hydrogens is 559 g/mol. The molecule has 3 rings (SSSR count). The minimum Gasteiger partial charge on any atom is -0.444 e. The topological polar surface area (TPSA) is 61.9 Å². The average molecular weight is 592 g/mol. The molecule has 0 spiro atoms. The monoisotopic (exact) mass is 591 g/mol. The van der Waals surface area contributed by atoms with Crippen molar-refractivity contribution >= 4 is 12.1 Å². The van der Waals surface area contributed by atoms with E-state index >= 15 is 0 Å². The lowest BCUT2D eigenvalue weighted by Gasteiger charge is -2.42. The Balaban J connectivity index is 1.88. The maximum atomic E-state index is 13.9. The lowest BCUT2D eigenvalue weighted by molar-refractivity contribution is -0.143.